The second-order valence-corrected chi connectivity index (χ2v) is 6.54. The molecule has 1 aromatic carbocycles. The molecule has 0 bridgehead atoms. The van der Waals surface area contributed by atoms with Crippen molar-refractivity contribution in [2.45, 2.75) is 41.4 Å². The molecule has 1 saturated carbocycles. The van der Waals surface area contributed by atoms with Crippen LogP contribution in [0.25, 0.3) is 0 Å². The summed E-state index contributed by atoms with van der Waals surface area (Å²) in [5, 5.41) is 0.652. The van der Waals surface area contributed by atoms with Crippen molar-refractivity contribution in [1.29, 1.82) is 0 Å². The molecule has 1 saturated heterocycles. The Hall–Kier alpha value is -0.510. The monoisotopic (exact) mass is 249 g/mol. The highest BCUT2D eigenvalue weighted by atomic mass is 32.2. The van der Waals surface area contributed by atoms with E-state index in [-0.39, 0.29) is 5.54 Å². The molecule has 2 fully saturated rings. The molecular formula is C14H19NOS. The van der Waals surface area contributed by atoms with E-state index in [9.17, 15) is 0 Å². The molecule has 1 aromatic rings. The van der Waals surface area contributed by atoms with Crippen LogP contribution < -0.4 is 5.73 Å². The Bertz CT molecular complexity index is 380. The average Bonchev–Trinajstić information content (AvgIpc) is 2.73. The Morgan fingerprint density at radius 3 is 2.29 bits per heavy atom. The van der Waals surface area contributed by atoms with Gasteiger partial charge in [0.25, 0.3) is 0 Å². The third kappa shape index (κ3) is 2.37. The van der Waals surface area contributed by atoms with Crippen molar-refractivity contribution >= 4 is 11.8 Å². The predicted molar refractivity (Wildman–Crippen MR) is 71.2 cm³/mol. The SMILES string of the molecule is NC1(c2ccc(SC3COC3)cc2)CCCC1. The van der Waals surface area contributed by atoms with Crippen LogP contribution in [0.1, 0.15) is 31.2 Å². The average molecular weight is 249 g/mol. The molecule has 3 heteroatoms. The maximum atomic E-state index is 6.44. The Balaban J connectivity index is 1.70. The first kappa shape index (κ1) is 11.6. The number of ether oxygens (including phenoxy) is 1. The van der Waals surface area contributed by atoms with Gasteiger partial charge in [-0.3, -0.25) is 0 Å². The minimum Gasteiger partial charge on any atom is -0.379 e. The van der Waals surface area contributed by atoms with E-state index in [0.717, 1.165) is 26.1 Å². The Labute approximate surface area is 107 Å². The number of rotatable bonds is 3. The van der Waals surface area contributed by atoms with Crippen molar-refractivity contribution in [2.24, 2.45) is 5.73 Å². The van der Waals surface area contributed by atoms with Gasteiger partial charge >= 0.3 is 0 Å². The summed E-state index contributed by atoms with van der Waals surface area (Å²) in [5.74, 6) is 0. The maximum absolute atomic E-state index is 6.44. The summed E-state index contributed by atoms with van der Waals surface area (Å²) in [4.78, 5) is 1.34. The fraction of sp³-hybridized carbons (Fsp3) is 0.571. The second-order valence-electron chi connectivity index (χ2n) is 5.16. The highest BCUT2D eigenvalue weighted by Crippen LogP contribution is 2.37. The summed E-state index contributed by atoms with van der Waals surface area (Å²) in [6.45, 7) is 1.79. The standard InChI is InChI=1S/C14H19NOS/c15-14(7-1-2-8-14)11-3-5-12(6-4-11)17-13-9-16-10-13/h3-6,13H,1-2,7-10,15H2. The Morgan fingerprint density at radius 1 is 1.12 bits per heavy atom. The lowest BCUT2D eigenvalue weighted by molar-refractivity contribution is 0.0455. The van der Waals surface area contributed by atoms with Gasteiger partial charge in [0.2, 0.25) is 0 Å². The topological polar surface area (TPSA) is 35.2 Å². The van der Waals surface area contributed by atoms with Gasteiger partial charge in [0.05, 0.1) is 18.5 Å². The molecule has 1 heterocycles. The zero-order valence-corrected chi connectivity index (χ0v) is 10.8. The third-order valence-electron chi connectivity index (χ3n) is 3.84. The minimum absolute atomic E-state index is 0.0528. The van der Waals surface area contributed by atoms with E-state index in [4.69, 9.17) is 10.5 Å². The van der Waals surface area contributed by atoms with Gasteiger partial charge in [-0.15, -0.1) is 11.8 Å². The largest absolute Gasteiger partial charge is 0.379 e. The quantitative estimate of drug-likeness (QED) is 0.894. The molecular weight excluding hydrogens is 230 g/mol. The summed E-state index contributed by atoms with van der Waals surface area (Å²) in [5.41, 5.74) is 7.70. The van der Waals surface area contributed by atoms with Crippen LogP contribution in [0, 0.1) is 0 Å². The number of thioether (sulfide) groups is 1. The van der Waals surface area contributed by atoms with Gasteiger partial charge in [-0.05, 0) is 30.5 Å². The van der Waals surface area contributed by atoms with E-state index in [2.05, 4.69) is 24.3 Å². The second kappa shape index (κ2) is 4.63. The normalized spacial score (nSPS) is 23.6. The predicted octanol–water partition coefficient (Wildman–Crippen LogP) is 2.91. The molecule has 0 radical (unpaired) electrons. The molecule has 0 amide bonds. The van der Waals surface area contributed by atoms with Crippen molar-refractivity contribution in [3.8, 4) is 0 Å². The van der Waals surface area contributed by atoms with Crippen LogP contribution in [0.2, 0.25) is 0 Å². The Morgan fingerprint density at radius 2 is 1.76 bits per heavy atom. The van der Waals surface area contributed by atoms with Crippen molar-refractivity contribution in [2.75, 3.05) is 13.2 Å². The molecule has 0 spiro atoms. The van der Waals surface area contributed by atoms with Crippen LogP contribution in [-0.2, 0) is 10.3 Å². The van der Waals surface area contributed by atoms with E-state index in [0.29, 0.717) is 5.25 Å². The smallest absolute Gasteiger partial charge is 0.0611 e. The lowest BCUT2D eigenvalue weighted by Crippen LogP contribution is -2.33. The van der Waals surface area contributed by atoms with Gasteiger partial charge in [0.15, 0.2) is 0 Å². The van der Waals surface area contributed by atoms with Crippen molar-refractivity contribution < 1.29 is 4.74 Å². The van der Waals surface area contributed by atoms with Gasteiger partial charge in [0.1, 0.15) is 0 Å². The van der Waals surface area contributed by atoms with Crippen molar-refractivity contribution in [1.82, 2.24) is 0 Å². The first-order chi connectivity index (χ1) is 8.26. The zero-order chi connectivity index (χ0) is 11.7. The van der Waals surface area contributed by atoms with E-state index in [1.807, 2.05) is 11.8 Å². The molecule has 1 aliphatic heterocycles. The van der Waals surface area contributed by atoms with Crippen LogP contribution in [-0.4, -0.2) is 18.5 Å². The van der Waals surface area contributed by atoms with E-state index in [1.165, 1.54) is 23.3 Å². The van der Waals surface area contributed by atoms with Gasteiger partial charge in [0, 0.05) is 10.4 Å². The van der Waals surface area contributed by atoms with Gasteiger partial charge in [-0.25, -0.2) is 0 Å². The van der Waals surface area contributed by atoms with Crippen LogP contribution in [0.4, 0.5) is 0 Å². The van der Waals surface area contributed by atoms with Crippen molar-refractivity contribution in [3.05, 3.63) is 29.8 Å². The molecule has 0 atom stereocenters. The van der Waals surface area contributed by atoms with Gasteiger partial charge < -0.3 is 10.5 Å². The Kier molecular flexibility index (Phi) is 3.16. The molecule has 2 N–H and O–H groups in total. The van der Waals surface area contributed by atoms with Gasteiger partial charge in [-0.1, -0.05) is 25.0 Å². The highest BCUT2D eigenvalue weighted by Gasteiger charge is 2.31. The van der Waals surface area contributed by atoms with E-state index >= 15 is 0 Å². The molecule has 3 rings (SSSR count). The fourth-order valence-electron chi connectivity index (χ4n) is 2.63. The summed E-state index contributed by atoms with van der Waals surface area (Å²) in [7, 11) is 0. The first-order valence-electron chi connectivity index (χ1n) is 6.40. The van der Waals surface area contributed by atoms with Crippen molar-refractivity contribution in [3.63, 3.8) is 0 Å². The molecule has 2 aliphatic rings. The van der Waals surface area contributed by atoms with E-state index < -0.39 is 0 Å². The summed E-state index contributed by atoms with van der Waals surface area (Å²) in [6.07, 6.45) is 4.81. The molecule has 0 aromatic heterocycles. The van der Waals surface area contributed by atoms with Gasteiger partial charge in [-0.2, -0.15) is 0 Å². The molecule has 0 unspecified atom stereocenters. The van der Waals surface area contributed by atoms with Crippen LogP contribution in [0.5, 0.6) is 0 Å². The van der Waals surface area contributed by atoms with Crippen LogP contribution in [0.3, 0.4) is 0 Å². The molecule has 92 valence electrons. The summed E-state index contributed by atoms with van der Waals surface area (Å²) >= 11 is 1.91. The third-order valence-corrected chi connectivity index (χ3v) is 4.99. The molecule has 17 heavy (non-hydrogen) atoms. The lowest BCUT2D eigenvalue weighted by Gasteiger charge is -2.26. The molecule has 1 aliphatic carbocycles. The number of hydrogen-bond acceptors (Lipinski definition) is 3. The maximum Gasteiger partial charge on any atom is 0.0611 e. The lowest BCUT2D eigenvalue weighted by atomic mass is 9.90. The van der Waals surface area contributed by atoms with Crippen LogP contribution in [0.15, 0.2) is 29.2 Å². The minimum atomic E-state index is -0.0528. The summed E-state index contributed by atoms with van der Waals surface area (Å²) in [6, 6.07) is 8.86. The summed E-state index contributed by atoms with van der Waals surface area (Å²) < 4.78 is 5.19. The highest BCUT2D eigenvalue weighted by molar-refractivity contribution is 8.00. The first-order valence-corrected chi connectivity index (χ1v) is 7.28. The molecule has 2 nitrogen and oxygen atoms in total. The number of hydrogen-bond donors (Lipinski definition) is 1. The van der Waals surface area contributed by atoms with Crippen LogP contribution >= 0.6 is 11.8 Å². The zero-order valence-electron chi connectivity index (χ0n) is 10.0. The fourth-order valence-corrected chi connectivity index (χ4v) is 3.64. The number of benzene rings is 1. The number of nitrogens with two attached hydrogens (primary N) is 1. The van der Waals surface area contributed by atoms with E-state index in [1.54, 1.807) is 0 Å².